The maximum absolute atomic E-state index is 12.5. The minimum atomic E-state index is -0.127. The summed E-state index contributed by atoms with van der Waals surface area (Å²) in [6.45, 7) is 4.01. The van der Waals surface area contributed by atoms with Crippen molar-refractivity contribution in [3.63, 3.8) is 0 Å². The second kappa shape index (κ2) is 6.91. The summed E-state index contributed by atoms with van der Waals surface area (Å²) in [7, 11) is 2.04. The zero-order valence-electron chi connectivity index (χ0n) is 15.2. The number of hydrogen-bond acceptors (Lipinski definition) is 3. The van der Waals surface area contributed by atoms with E-state index in [9.17, 15) is 4.79 Å². The molecule has 1 fully saturated rings. The number of fused-ring (bicyclic) bond motifs is 1. The standard InChI is InChI=1S/C21H18ClN3OS/c1-12-10-14(22)8-9-17(12)23-21-24-20(26)19(27-21)11-16-13(2)25(3)18-7-5-4-6-15(16)18/h4-11H,1-3H3,(H,23,24,26)/b19-11-. The Bertz CT molecular complexity index is 1140. The molecule has 0 aliphatic carbocycles. The summed E-state index contributed by atoms with van der Waals surface area (Å²) in [6, 6.07) is 13.7. The van der Waals surface area contributed by atoms with E-state index in [1.165, 1.54) is 11.8 Å². The Hall–Kier alpha value is -2.50. The van der Waals surface area contributed by atoms with Crippen molar-refractivity contribution >= 4 is 57.1 Å². The van der Waals surface area contributed by atoms with E-state index in [-0.39, 0.29) is 5.91 Å². The SMILES string of the molecule is Cc1cc(Cl)ccc1N=C1NC(=O)/C(=C/c2c(C)n(C)c3ccccc23)S1. The van der Waals surface area contributed by atoms with Crippen molar-refractivity contribution in [2.24, 2.45) is 12.0 Å². The van der Waals surface area contributed by atoms with Crippen molar-refractivity contribution in [3.8, 4) is 0 Å². The molecule has 4 rings (SSSR count). The third-order valence-electron chi connectivity index (χ3n) is 4.76. The zero-order valence-corrected chi connectivity index (χ0v) is 16.8. The number of thioether (sulfide) groups is 1. The number of aliphatic imine (C=N–C) groups is 1. The highest BCUT2D eigenvalue weighted by molar-refractivity contribution is 8.18. The molecule has 136 valence electrons. The van der Waals surface area contributed by atoms with Gasteiger partial charge < -0.3 is 9.88 Å². The third-order valence-corrected chi connectivity index (χ3v) is 5.90. The quantitative estimate of drug-likeness (QED) is 0.595. The van der Waals surface area contributed by atoms with Crippen molar-refractivity contribution < 1.29 is 4.79 Å². The summed E-state index contributed by atoms with van der Waals surface area (Å²) in [4.78, 5) is 17.7. The molecule has 0 atom stereocenters. The molecule has 3 aromatic rings. The first kappa shape index (κ1) is 17.9. The average Bonchev–Trinajstić information content (AvgIpc) is 3.10. The fourth-order valence-corrected chi connectivity index (χ4v) is 4.24. The van der Waals surface area contributed by atoms with Gasteiger partial charge in [-0.2, -0.15) is 0 Å². The molecular formula is C21H18ClN3OS. The van der Waals surface area contributed by atoms with Crippen LogP contribution < -0.4 is 5.32 Å². The summed E-state index contributed by atoms with van der Waals surface area (Å²) in [6.07, 6.45) is 1.95. The van der Waals surface area contributed by atoms with Gasteiger partial charge in [0.1, 0.15) is 0 Å². The summed E-state index contributed by atoms with van der Waals surface area (Å²) in [5.74, 6) is -0.127. The first-order valence-corrected chi connectivity index (χ1v) is 9.73. The van der Waals surface area contributed by atoms with Crippen LogP contribution in [0.4, 0.5) is 5.69 Å². The lowest BCUT2D eigenvalue weighted by Crippen LogP contribution is -2.19. The lowest BCUT2D eigenvalue weighted by molar-refractivity contribution is -0.115. The number of carbonyl (C=O) groups excluding carboxylic acids is 1. The van der Waals surface area contributed by atoms with Gasteiger partial charge in [-0.1, -0.05) is 29.8 Å². The molecule has 1 N–H and O–H groups in total. The highest BCUT2D eigenvalue weighted by Crippen LogP contribution is 2.33. The van der Waals surface area contributed by atoms with Crippen LogP contribution in [-0.2, 0) is 11.8 Å². The van der Waals surface area contributed by atoms with Crippen LogP contribution in [0.5, 0.6) is 0 Å². The third kappa shape index (κ3) is 3.29. The molecule has 1 aliphatic rings. The van der Waals surface area contributed by atoms with Crippen LogP contribution >= 0.6 is 23.4 Å². The maximum Gasteiger partial charge on any atom is 0.264 e. The Kier molecular flexibility index (Phi) is 4.58. The molecule has 1 aromatic heterocycles. The summed E-state index contributed by atoms with van der Waals surface area (Å²) >= 11 is 7.36. The predicted molar refractivity (Wildman–Crippen MR) is 115 cm³/mol. The second-order valence-electron chi connectivity index (χ2n) is 6.49. The molecule has 4 nitrogen and oxygen atoms in total. The number of aromatic nitrogens is 1. The van der Waals surface area contributed by atoms with Crippen LogP contribution in [0.15, 0.2) is 52.4 Å². The number of amidine groups is 1. The van der Waals surface area contributed by atoms with Gasteiger partial charge in [0, 0.05) is 34.2 Å². The lowest BCUT2D eigenvalue weighted by Gasteiger charge is -2.01. The van der Waals surface area contributed by atoms with Gasteiger partial charge in [0.25, 0.3) is 5.91 Å². The number of hydrogen-bond donors (Lipinski definition) is 1. The second-order valence-corrected chi connectivity index (χ2v) is 7.95. The molecule has 0 radical (unpaired) electrons. The molecule has 1 amide bonds. The Morgan fingerprint density at radius 1 is 1.19 bits per heavy atom. The molecule has 2 aromatic carbocycles. The first-order chi connectivity index (χ1) is 12.9. The van der Waals surface area contributed by atoms with Crippen LogP contribution in [-0.4, -0.2) is 15.6 Å². The molecule has 0 saturated carbocycles. The van der Waals surface area contributed by atoms with Crippen LogP contribution in [0.25, 0.3) is 17.0 Å². The van der Waals surface area contributed by atoms with Crippen molar-refractivity contribution in [2.75, 3.05) is 0 Å². The Morgan fingerprint density at radius 3 is 2.74 bits per heavy atom. The number of rotatable bonds is 2. The molecule has 1 saturated heterocycles. The van der Waals surface area contributed by atoms with Crippen molar-refractivity contribution in [3.05, 3.63) is 69.2 Å². The Labute approximate surface area is 166 Å². The van der Waals surface area contributed by atoms with Crippen molar-refractivity contribution in [2.45, 2.75) is 13.8 Å². The first-order valence-electron chi connectivity index (χ1n) is 8.54. The molecule has 0 unspecified atom stereocenters. The van der Waals surface area contributed by atoms with Gasteiger partial charge in [0.2, 0.25) is 0 Å². The van der Waals surface area contributed by atoms with Gasteiger partial charge in [0.05, 0.1) is 10.6 Å². The van der Waals surface area contributed by atoms with E-state index in [0.717, 1.165) is 33.4 Å². The number of amides is 1. The maximum atomic E-state index is 12.5. The van der Waals surface area contributed by atoms with Gasteiger partial charge in [0.15, 0.2) is 5.17 Å². The van der Waals surface area contributed by atoms with Gasteiger partial charge in [-0.25, -0.2) is 4.99 Å². The van der Waals surface area contributed by atoms with E-state index in [4.69, 9.17) is 11.6 Å². The molecule has 1 aliphatic heterocycles. The fraction of sp³-hybridized carbons (Fsp3) is 0.143. The number of para-hydroxylation sites is 1. The number of halogens is 1. The predicted octanol–water partition coefficient (Wildman–Crippen LogP) is 5.34. The minimum Gasteiger partial charge on any atom is -0.347 e. The van der Waals surface area contributed by atoms with Gasteiger partial charge in [-0.15, -0.1) is 0 Å². The molecule has 0 spiro atoms. The number of aryl methyl sites for hydroxylation is 2. The van der Waals surface area contributed by atoms with E-state index in [1.807, 2.05) is 44.3 Å². The van der Waals surface area contributed by atoms with Gasteiger partial charge in [-0.3, -0.25) is 4.79 Å². The molecule has 6 heteroatoms. The van der Waals surface area contributed by atoms with Crippen LogP contribution in [0.2, 0.25) is 5.02 Å². The highest BCUT2D eigenvalue weighted by Gasteiger charge is 2.25. The van der Waals surface area contributed by atoms with Crippen LogP contribution in [0, 0.1) is 13.8 Å². The van der Waals surface area contributed by atoms with Crippen molar-refractivity contribution in [1.82, 2.24) is 9.88 Å². The smallest absolute Gasteiger partial charge is 0.264 e. The van der Waals surface area contributed by atoms with E-state index in [1.54, 1.807) is 6.07 Å². The summed E-state index contributed by atoms with van der Waals surface area (Å²) in [5, 5.41) is 5.24. The van der Waals surface area contributed by atoms with Gasteiger partial charge in [-0.05, 0) is 61.5 Å². The molecular weight excluding hydrogens is 378 g/mol. The molecule has 2 heterocycles. The van der Waals surface area contributed by atoms with Crippen LogP contribution in [0.3, 0.4) is 0 Å². The Balaban J connectivity index is 1.71. The van der Waals surface area contributed by atoms with E-state index in [2.05, 4.69) is 33.9 Å². The minimum absolute atomic E-state index is 0.127. The highest BCUT2D eigenvalue weighted by atomic mass is 35.5. The fourth-order valence-electron chi connectivity index (χ4n) is 3.20. The van der Waals surface area contributed by atoms with Crippen LogP contribution in [0.1, 0.15) is 16.8 Å². The Morgan fingerprint density at radius 2 is 1.96 bits per heavy atom. The molecule has 27 heavy (non-hydrogen) atoms. The summed E-state index contributed by atoms with van der Waals surface area (Å²) < 4.78 is 2.14. The normalized spacial score (nSPS) is 17.3. The monoisotopic (exact) mass is 395 g/mol. The lowest BCUT2D eigenvalue weighted by atomic mass is 10.1. The number of nitrogens with one attached hydrogen (secondary N) is 1. The van der Waals surface area contributed by atoms with E-state index in [0.29, 0.717) is 15.1 Å². The zero-order chi connectivity index (χ0) is 19.1. The van der Waals surface area contributed by atoms with Gasteiger partial charge >= 0.3 is 0 Å². The molecule has 0 bridgehead atoms. The number of nitrogens with zero attached hydrogens (tertiary/aromatic N) is 2. The average molecular weight is 396 g/mol. The summed E-state index contributed by atoms with van der Waals surface area (Å²) in [5.41, 5.74) is 5.10. The topological polar surface area (TPSA) is 46.4 Å². The van der Waals surface area contributed by atoms with E-state index >= 15 is 0 Å². The number of carbonyl (C=O) groups is 1. The number of benzene rings is 2. The largest absolute Gasteiger partial charge is 0.347 e. The van der Waals surface area contributed by atoms with Crippen molar-refractivity contribution in [1.29, 1.82) is 0 Å². The van der Waals surface area contributed by atoms with E-state index < -0.39 is 0 Å².